The van der Waals surface area contributed by atoms with Crippen LogP contribution in [0.25, 0.3) is 0 Å². The van der Waals surface area contributed by atoms with E-state index in [0.29, 0.717) is 16.1 Å². The van der Waals surface area contributed by atoms with Crippen molar-refractivity contribution in [2.45, 2.75) is 20.3 Å². The number of rotatable bonds is 4. The van der Waals surface area contributed by atoms with Gasteiger partial charge in [-0.3, -0.25) is 14.9 Å². The van der Waals surface area contributed by atoms with Gasteiger partial charge in [0, 0.05) is 15.4 Å². The van der Waals surface area contributed by atoms with Crippen LogP contribution < -0.4 is 5.32 Å². The van der Waals surface area contributed by atoms with Gasteiger partial charge in [-0.1, -0.05) is 13.0 Å². The lowest BCUT2D eigenvalue weighted by Gasteiger charge is -2.07. The van der Waals surface area contributed by atoms with Gasteiger partial charge in [0.05, 0.1) is 21.1 Å². The molecule has 0 aliphatic rings. The van der Waals surface area contributed by atoms with Crippen molar-refractivity contribution in [2.75, 3.05) is 5.32 Å². The second-order valence-corrected chi connectivity index (χ2v) is 6.39. The van der Waals surface area contributed by atoms with Crippen molar-refractivity contribution in [1.82, 2.24) is 0 Å². The Morgan fingerprint density at radius 2 is 2.19 bits per heavy atom. The number of nitro groups is 1. The standard InChI is InChI=1S/C14H13BrN2O3S/c1-3-12-9(15)7-13(21-12)14(18)16-10-5-4-6-11(8(10)2)17(19)20/h4-7H,3H2,1-2H3,(H,16,18). The maximum Gasteiger partial charge on any atom is 0.274 e. The van der Waals surface area contributed by atoms with Gasteiger partial charge >= 0.3 is 0 Å². The third kappa shape index (κ3) is 3.30. The number of hydrogen-bond acceptors (Lipinski definition) is 4. The summed E-state index contributed by atoms with van der Waals surface area (Å²) in [7, 11) is 0. The summed E-state index contributed by atoms with van der Waals surface area (Å²) in [4.78, 5) is 24.4. The normalized spacial score (nSPS) is 10.4. The van der Waals surface area contributed by atoms with E-state index in [9.17, 15) is 14.9 Å². The smallest absolute Gasteiger partial charge is 0.274 e. The Balaban J connectivity index is 2.27. The molecule has 21 heavy (non-hydrogen) atoms. The topological polar surface area (TPSA) is 72.2 Å². The zero-order chi connectivity index (χ0) is 15.6. The SMILES string of the molecule is CCc1sc(C(=O)Nc2cccc([N+](=O)[O-])c2C)cc1Br. The fraction of sp³-hybridized carbons (Fsp3) is 0.214. The van der Waals surface area contributed by atoms with Crippen molar-refractivity contribution in [2.24, 2.45) is 0 Å². The molecule has 1 heterocycles. The first-order valence-corrected chi connectivity index (χ1v) is 7.88. The Morgan fingerprint density at radius 3 is 2.76 bits per heavy atom. The molecule has 0 spiro atoms. The van der Waals surface area contributed by atoms with Crippen molar-refractivity contribution in [3.8, 4) is 0 Å². The zero-order valence-electron chi connectivity index (χ0n) is 11.5. The molecule has 110 valence electrons. The summed E-state index contributed by atoms with van der Waals surface area (Å²) < 4.78 is 0.913. The summed E-state index contributed by atoms with van der Waals surface area (Å²) in [6, 6.07) is 6.40. The molecule has 0 saturated carbocycles. The minimum atomic E-state index is -0.456. The van der Waals surface area contributed by atoms with E-state index in [0.717, 1.165) is 15.8 Å². The number of carbonyl (C=O) groups is 1. The Bertz CT molecular complexity index is 712. The van der Waals surface area contributed by atoms with Crippen LogP contribution in [0.2, 0.25) is 0 Å². The molecule has 0 aliphatic carbocycles. The van der Waals surface area contributed by atoms with Crippen molar-refractivity contribution in [1.29, 1.82) is 0 Å². The number of hydrogen-bond donors (Lipinski definition) is 1. The highest BCUT2D eigenvalue weighted by atomic mass is 79.9. The highest BCUT2D eigenvalue weighted by Crippen LogP contribution is 2.30. The molecule has 0 bridgehead atoms. The minimum absolute atomic E-state index is 0.00518. The van der Waals surface area contributed by atoms with E-state index in [1.54, 1.807) is 25.1 Å². The van der Waals surface area contributed by atoms with E-state index >= 15 is 0 Å². The average molecular weight is 369 g/mol. The second kappa shape index (κ2) is 6.36. The van der Waals surface area contributed by atoms with Crippen LogP contribution in [0.3, 0.4) is 0 Å². The van der Waals surface area contributed by atoms with Crippen molar-refractivity contribution in [3.63, 3.8) is 0 Å². The second-order valence-electron chi connectivity index (χ2n) is 4.40. The van der Waals surface area contributed by atoms with Crippen LogP contribution in [-0.2, 0) is 6.42 Å². The molecule has 2 rings (SSSR count). The fourth-order valence-electron chi connectivity index (χ4n) is 1.90. The van der Waals surface area contributed by atoms with Gasteiger partial charge in [-0.25, -0.2) is 0 Å². The molecular weight excluding hydrogens is 356 g/mol. The third-order valence-corrected chi connectivity index (χ3v) is 5.30. The van der Waals surface area contributed by atoms with Gasteiger partial charge in [-0.15, -0.1) is 11.3 Å². The summed E-state index contributed by atoms with van der Waals surface area (Å²) in [6.07, 6.45) is 0.842. The Labute approximate surface area is 134 Å². The van der Waals surface area contributed by atoms with Crippen LogP contribution in [0.15, 0.2) is 28.7 Å². The Kier molecular flexibility index (Phi) is 4.74. The number of thiophene rings is 1. The molecule has 0 aliphatic heterocycles. The molecule has 0 atom stereocenters. The van der Waals surface area contributed by atoms with Gasteiger partial charge in [-0.2, -0.15) is 0 Å². The van der Waals surface area contributed by atoms with E-state index in [2.05, 4.69) is 21.2 Å². The quantitative estimate of drug-likeness (QED) is 0.635. The maximum absolute atomic E-state index is 12.2. The van der Waals surface area contributed by atoms with E-state index in [1.165, 1.54) is 17.4 Å². The van der Waals surface area contributed by atoms with Crippen molar-refractivity contribution in [3.05, 3.63) is 54.2 Å². The highest BCUT2D eigenvalue weighted by Gasteiger charge is 2.17. The molecule has 1 amide bonds. The highest BCUT2D eigenvalue weighted by molar-refractivity contribution is 9.10. The molecule has 1 aromatic heterocycles. The van der Waals surface area contributed by atoms with Gasteiger partial charge < -0.3 is 5.32 Å². The number of nitrogens with zero attached hydrogens (tertiary/aromatic N) is 1. The van der Waals surface area contributed by atoms with Crippen LogP contribution in [0, 0.1) is 17.0 Å². The lowest BCUT2D eigenvalue weighted by molar-refractivity contribution is -0.385. The first kappa shape index (κ1) is 15.7. The monoisotopic (exact) mass is 368 g/mol. The largest absolute Gasteiger partial charge is 0.321 e. The van der Waals surface area contributed by atoms with E-state index in [1.807, 2.05) is 6.92 Å². The molecular formula is C14H13BrN2O3S. The predicted octanol–water partition coefficient (Wildman–Crippen LogP) is 4.54. The molecule has 5 nitrogen and oxygen atoms in total. The summed E-state index contributed by atoms with van der Waals surface area (Å²) in [5.41, 5.74) is 0.897. The maximum atomic E-state index is 12.2. The van der Waals surface area contributed by atoms with Gasteiger partial charge in [0.15, 0.2) is 0 Å². The van der Waals surface area contributed by atoms with E-state index in [-0.39, 0.29) is 11.6 Å². The van der Waals surface area contributed by atoms with Crippen molar-refractivity contribution < 1.29 is 9.72 Å². The molecule has 1 aromatic carbocycles. The Morgan fingerprint density at radius 1 is 1.48 bits per heavy atom. The van der Waals surface area contributed by atoms with Crippen LogP contribution in [0.5, 0.6) is 0 Å². The molecule has 7 heteroatoms. The molecule has 2 aromatic rings. The first-order valence-electron chi connectivity index (χ1n) is 6.27. The van der Waals surface area contributed by atoms with Crippen LogP contribution >= 0.6 is 27.3 Å². The number of anilines is 1. The summed E-state index contributed by atoms with van der Waals surface area (Å²) in [5.74, 6) is -0.260. The minimum Gasteiger partial charge on any atom is -0.321 e. The van der Waals surface area contributed by atoms with Crippen LogP contribution in [0.1, 0.15) is 27.0 Å². The number of amides is 1. The molecule has 0 radical (unpaired) electrons. The number of aryl methyl sites for hydroxylation is 1. The predicted molar refractivity (Wildman–Crippen MR) is 87.2 cm³/mol. The number of nitrogens with one attached hydrogen (secondary N) is 1. The lowest BCUT2D eigenvalue weighted by atomic mass is 10.1. The number of halogens is 1. The van der Waals surface area contributed by atoms with Crippen molar-refractivity contribution >= 4 is 44.5 Å². The van der Waals surface area contributed by atoms with Gasteiger partial charge in [0.2, 0.25) is 0 Å². The average Bonchev–Trinajstić information content (AvgIpc) is 2.82. The van der Waals surface area contributed by atoms with Gasteiger partial charge in [-0.05, 0) is 41.4 Å². The zero-order valence-corrected chi connectivity index (χ0v) is 13.9. The molecule has 0 saturated heterocycles. The summed E-state index contributed by atoms with van der Waals surface area (Å²) in [5, 5.41) is 13.6. The Hall–Kier alpha value is -1.73. The van der Waals surface area contributed by atoms with Crippen LogP contribution in [0.4, 0.5) is 11.4 Å². The van der Waals surface area contributed by atoms with Gasteiger partial charge in [0.25, 0.3) is 11.6 Å². The van der Waals surface area contributed by atoms with Crippen LogP contribution in [-0.4, -0.2) is 10.8 Å². The first-order chi connectivity index (χ1) is 9.93. The third-order valence-electron chi connectivity index (χ3n) is 3.05. The van der Waals surface area contributed by atoms with E-state index in [4.69, 9.17) is 0 Å². The fourth-order valence-corrected chi connectivity index (χ4v) is 3.69. The number of nitro benzene ring substituents is 1. The molecule has 1 N–H and O–H groups in total. The van der Waals surface area contributed by atoms with E-state index < -0.39 is 4.92 Å². The molecule has 0 fully saturated rings. The lowest BCUT2D eigenvalue weighted by Crippen LogP contribution is -2.11. The molecule has 0 unspecified atom stereocenters. The van der Waals surface area contributed by atoms with Gasteiger partial charge in [0.1, 0.15) is 0 Å². The number of carbonyl (C=O) groups excluding carboxylic acids is 1. The number of benzene rings is 1. The summed E-state index contributed by atoms with van der Waals surface area (Å²) in [6.45, 7) is 3.64. The summed E-state index contributed by atoms with van der Waals surface area (Å²) >= 11 is 4.83.